The molecule has 0 fully saturated rings. The van der Waals surface area contributed by atoms with E-state index in [4.69, 9.17) is 9.47 Å². The second-order valence-electron chi connectivity index (χ2n) is 7.25. The number of hydrogen-bond acceptors (Lipinski definition) is 6. The number of carbonyl (C=O) groups excluding carboxylic acids is 3. The third kappa shape index (κ3) is 4.08. The van der Waals surface area contributed by atoms with Crippen LogP contribution in [0.15, 0.2) is 66.7 Å². The number of carbonyl (C=O) groups is 3. The summed E-state index contributed by atoms with van der Waals surface area (Å²) in [4.78, 5) is 39.7. The van der Waals surface area contributed by atoms with Gasteiger partial charge in [-0.2, -0.15) is 0 Å². The van der Waals surface area contributed by atoms with Crippen LogP contribution in [0, 0.1) is 0 Å². The Morgan fingerprint density at radius 2 is 1.67 bits per heavy atom. The predicted octanol–water partition coefficient (Wildman–Crippen LogP) is 4.31. The molecule has 0 radical (unpaired) electrons. The van der Waals surface area contributed by atoms with Crippen LogP contribution in [0.25, 0.3) is 11.6 Å². The number of esters is 1. The van der Waals surface area contributed by atoms with Crippen LogP contribution < -0.4 is 9.64 Å². The minimum absolute atomic E-state index is 0.0640. The van der Waals surface area contributed by atoms with Crippen molar-refractivity contribution in [2.75, 3.05) is 18.6 Å². The van der Waals surface area contributed by atoms with E-state index in [9.17, 15) is 19.5 Å². The highest BCUT2D eigenvalue weighted by molar-refractivity contribution is 6.43. The molecule has 4 rings (SSSR count). The lowest BCUT2D eigenvalue weighted by Gasteiger charge is -2.28. The quantitative estimate of drug-likeness (QED) is 0.359. The molecular weight excluding hydrogens is 422 g/mol. The van der Waals surface area contributed by atoms with E-state index in [0.717, 1.165) is 4.90 Å². The van der Waals surface area contributed by atoms with Crippen LogP contribution in [-0.4, -0.2) is 36.6 Å². The van der Waals surface area contributed by atoms with Crippen molar-refractivity contribution in [3.63, 3.8) is 0 Å². The Morgan fingerprint density at radius 3 is 2.30 bits per heavy atom. The largest absolute Gasteiger partial charge is 0.504 e. The normalized spacial score (nSPS) is 14.2. The minimum Gasteiger partial charge on any atom is -0.504 e. The van der Waals surface area contributed by atoms with Gasteiger partial charge in [0.2, 0.25) is 0 Å². The number of methoxy groups -OCH3 is 1. The van der Waals surface area contributed by atoms with E-state index in [0.29, 0.717) is 39.3 Å². The number of benzene rings is 3. The summed E-state index contributed by atoms with van der Waals surface area (Å²) in [7, 11) is 1.45. The van der Waals surface area contributed by atoms with Crippen LogP contribution in [0.5, 0.6) is 11.5 Å². The average molecular weight is 443 g/mol. The van der Waals surface area contributed by atoms with Gasteiger partial charge in [0.25, 0.3) is 11.8 Å². The minimum atomic E-state index is -0.516. The molecule has 166 valence electrons. The van der Waals surface area contributed by atoms with E-state index in [1.165, 1.54) is 37.4 Å². The van der Waals surface area contributed by atoms with Crippen molar-refractivity contribution in [1.29, 1.82) is 0 Å². The van der Waals surface area contributed by atoms with E-state index in [2.05, 4.69) is 0 Å². The van der Waals surface area contributed by atoms with Gasteiger partial charge in [0, 0.05) is 11.1 Å². The number of ether oxygens (including phenoxy) is 2. The van der Waals surface area contributed by atoms with Gasteiger partial charge in [0.05, 0.1) is 25.0 Å². The number of amides is 2. The SMILES string of the molecule is CCOC(=O)c1ccc(N2C(=O)/C(=C\c3ccc(OC)c(O)c3)c3ccccc3C2=O)cc1. The van der Waals surface area contributed by atoms with Crippen LogP contribution >= 0.6 is 0 Å². The second-order valence-corrected chi connectivity index (χ2v) is 7.25. The molecule has 3 aromatic rings. The molecule has 33 heavy (non-hydrogen) atoms. The topological polar surface area (TPSA) is 93.1 Å². The summed E-state index contributed by atoms with van der Waals surface area (Å²) < 4.78 is 10.1. The smallest absolute Gasteiger partial charge is 0.338 e. The highest BCUT2D eigenvalue weighted by atomic mass is 16.5. The fourth-order valence-corrected chi connectivity index (χ4v) is 3.65. The number of phenolic OH excluding ortho intramolecular Hbond substituents is 1. The van der Waals surface area contributed by atoms with Gasteiger partial charge in [-0.3, -0.25) is 9.59 Å². The van der Waals surface area contributed by atoms with Crippen molar-refractivity contribution in [3.8, 4) is 11.5 Å². The van der Waals surface area contributed by atoms with Crippen molar-refractivity contribution in [3.05, 3.63) is 89.0 Å². The Bertz CT molecular complexity index is 1280. The Labute approximate surface area is 190 Å². The van der Waals surface area contributed by atoms with Gasteiger partial charge in [-0.05, 0) is 66.6 Å². The number of rotatable bonds is 5. The first kappa shape index (κ1) is 21.8. The highest BCUT2D eigenvalue weighted by Gasteiger charge is 2.35. The number of anilines is 1. The molecule has 0 atom stereocenters. The number of hydrogen-bond donors (Lipinski definition) is 1. The van der Waals surface area contributed by atoms with Crippen molar-refractivity contribution < 1.29 is 29.0 Å². The number of fused-ring (bicyclic) bond motifs is 1. The number of aromatic hydroxyl groups is 1. The maximum absolute atomic E-state index is 13.5. The Balaban J connectivity index is 1.78. The first-order valence-corrected chi connectivity index (χ1v) is 10.3. The lowest BCUT2D eigenvalue weighted by atomic mass is 9.91. The summed E-state index contributed by atoms with van der Waals surface area (Å²) in [5.74, 6) is -1.21. The molecule has 3 aromatic carbocycles. The Hall–Kier alpha value is -4.39. The summed E-state index contributed by atoms with van der Waals surface area (Å²) in [6.45, 7) is 1.96. The zero-order valence-corrected chi connectivity index (χ0v) is 18.1. The molecule has 0 spiro atoms. The van der Waals surface area contributed by atoms with Gasteiger partial charge in [0.1, 0.15) is 0 Å². The first-order valence-electron chi connectivity index (χ1n) is 10.3. The van der Waals surface area contributed by atoms with E-state index in [1.807, 2.05) is 0 Å². The summed E-state index contributed by atoms with van der Waals surface area (Å²) >= 11 is 0. The van der Waals surface area contributed by atoms with Gasteiger partial charge in [0.15, 0.2) is 11.5 Å². The molecule has 0 unspecified atom stereocenters. The van der Waals surface area contributed by atoms with E-state index < -0.39 is 17.8 Å². The molecule has 1 N–H and O–H groups in total. The van der Waals surface area contributed by atoms with Gasteiger partial charge in [-0.1, -0.05) is 24.3 Å². The van der Waals surface area contributed by atoms with Crippen LogP contribution in [-0.2, 0) is 9.53 Å². The summed E-state index contributed by atoms with van der Waals surface area (Å²) in [6, 6.07) is 17.7. The third-order valence-electron chi connectivity index (χ3n) is 5.23. The van der Waals surface area contributed by atoms with Crippen molar-refractivity contribution >= 4 is 35.1 Å². The van der Waals surface area contributed by atoms with Crippen LogP contribution in [0.4, 0.5) is 5.69 Å². The molecule has 7 heteroatoms. The van der Waals surface area contributed by atoms with Crippen LogP contribution in [0.3, 0.4) is 0 Å². The molecule has 0 bridgehead atoms. The Kier molecular flexibility index (Phi) is 5.95. The number of phenols is 1. The Morgan fingerprint density at radius 1 is 0.970 bits per heavy atom. The number of imide groups is 1. The first-order chi connectivity index (χ1) is 15.9. The fourth-order valence-electron chi connectivity index (χ4n) is 3.65. The monoisotopic (exact) mass is 443 g/mol. The molecule has 0 aliphatic carbocycles. The number of nitrogens with zero attached hydrogens (tertiary/aromatic N) is 1. The molecule has 0 saturated carbocycles. The van der Waals surface area contributed by atoms with Crippen LogP contribution in [0.1, 0.15) is 38.8 Å². The maximum atomic E-state index is 13.5. The molecule has 7 nitrogen and oxygen atoms in total. The van der Waals surface area contributed by atoms with Gasteiger partial charge in [-0.15, -0.1) is 0 Å². The van der Waals surface area contributed by atoms with E-state index in [-0.39, 0.29) is 12.4 Å². The standard InChI is InChI=1S/C26H21NO6/c1-3-33-26(31)17-9-11-18(12-10-17)27-24(29)20-7-5-4-6-19(20)21(25(27)30)14-16-8-13-23(32-2)22(28)15-16/h4-15,28H,3H2,1-2H3/b21-14-. The molecule has 1 aliphatic heterocycles. The fraction of sp³-hybridized carbons (Fsp3) is 0.115. The van der Waals surface area contributed by atoms with Crippen molar-refractivity contribution in [1.82, 2.24) is 0 Å². The second kappa shape index (κ2) is 9.00. The lowest BCUT2D eigenvalue weighted by molar-refractivity contribution is -0.112. The molecule has 0 saturated heterocycles. The predicted molar refractivity (Wildman–Crippen MR) is 123 cm³/mol. The maximum Gasteiger partial charge on any atom is 0.338 e. The molecule has 1 heterocycles. The van der Waals surface area contributed by atoms with Gasteiger partial charge >= 0.3 is 5.97 Å². The zero-order valence-electron chi connectivity index (χ0n) is 18.1. The van der Waals surface area contributed by atoms with Gasteiger partial charge < -0.3 is 14.6 Å². The lowest BCUT2D eigenvalue weighted by Crippen LogP contribution is -2.41. The van der Waals surface area contributed by atoms with Crippen LogP contribution in [0.2, 0.25) is 0 Å². The summed E-state index contributed by atoms with van der Waals surface area (Å²) in [6.07, 6.45) is 1.62. The molecular formula is C26H21NO6. The third-order valence-corrected chi connectivity index (χ3v) is 5.23. The summed E-state index contributed by atoms with van der Waals surface area (Å²) in [5.41, 5.74) is 2.39. The molecule has 1 aliphatic rings. The molecule has 0 aromatic heterocycles. The average Bonchev–Trinajstić information content (AvgIpc) is 2.82. The van der Waals surface area contributed by atoms with Crippen molar-refractivity contribution in [2.24, 2.45) is 0 Å². The van der Waals surface area contributed by atoms with E-state index >= 15 is 0 Å². The van der Waals surface area contributed by atoms with Crippen molar-refractivity contribution in [2.45, 2.75) is 6.92 Å². The molecule has 2 amide bonds. The zero-order chi connectivity index (χ0) is 23.5. The summed E-state index contributed by atoms with van der Waals surface area (Å²) in [5, 5.41) is 10.1. The highest BCUT2D eigenvalue weighted by Crippen LogP contribution is 2.35. The van der Waals surface area contributed by atoms with E-state index in [1.54, 1.807) is 49.4 Å². The van der Waals surface area contributed by atoms with Gasteiger partial charge in [-0.25, -0.2) is 9.69 Å².